The van der Waals surface area contributed by atoms with Crippen molar-refractivity contribution in [1.82, 2.24) is 15.5 Å². The maximum absolute atomic E-state index is 12.9. The molecule has 1 fully saturated rings. The summed E-state index contributed by atoms with van der Waals surface area (Å²) < 4.78 is 0. The van der Waals surface area contributed by atoms with E-state index in [1.54, 1.807) is 35.2 Å². The Hall–Kier alpha value is -2.03. The van der Waals surface area contributed by atoms with Crippen LogP contribution >= 0.6 is 35.6 Å². The predicted molar refractivity (Wildman–Crippen MR) is 139 cm³/mol. The maximum atomic E-state index is 12.9. The van der Waals surface area contributed by atoms with Crippen molar-refractivity contribution in [3.8, 4) is 0 Å². The molecular weight excluding hydrogens is 499 g/mol. The summed E-state index contributed by atoms with van der Waals surface area (Å²) in [6.45, 7) is 5.17. The van der Waals surface area contributed by atoms with Gasteiger partial charge in [0.15, 0.2) is 0 Å². The number of amides is 3. The van der Waals surface area contributed by atoms with Crippen molar-refractivity contribution in [3.05, 3.63) is 63.6 Å². The van der Waals surface area contributed by atoms with Crippen LogP contribution in [0.15, 0.2) is 42.5 Å². The summed E-state index contributed by atoms with van der Waals surface area (Å²) in [6.07, 6.45) is 0.973. The molecule has 2 aromatic rings. The Morgan fingerprint density at radius 3 is 2.44 bits per heavy atom. The summed E-state index contributed by atoms with van der Waals surface area (Å²) in [4.78, 5) is 26.6. The van der Waals surface area contributed by atoms with Crippen LogP contribution in [0, 0.1) is 0 Å². The predicted octanol–water partition coefficient (Wildman–Crippen LogP) is 4.76. The van der Waals surface area contributed by atoms with Gasteiger partial charge < -0.3 is 26.0 Å². The van der Waals surface area contributed by atoms with E-state index in [0.29, 0.717) is 27.8 Å². The van der Waals surface area contributed by atoms with E-state index in [-0.39, 0.29) is 43.0 Å². The summed E-state index contributed by atoms with van der Waals surface area (Å²) in [5.74, 6) is 0.0120. The lowest BCUT2D eigenvalue weighted by atomic mass is 10.1. The van der Waals surface area contributed by atoms with Crippen LogP contribution in [0.5, 0.6) is 0 Å². The van der Waals surface area contributed by atoms with Crippen molar-refractivity contribution in [3.63, 3.8) is 0 Å². The number of aliphatic hydroxyl groups is 1. The highest BCUT2D eigenvalue weighted by Crippen LogP contribution is 2.26. The van der Waals surface area contributed by atoms with Gasteiger partial charge in [0, 0.05) is 18.3 Å². The van der Waals surface area contributed by atoms with E-state index in [1.165, 1.54) is 0 Å². The highest BCUT2D eigenvalue weighted by Gasteiger charge is 2.23. The van der Waals surface area contributed by atoms with Crippen LogP contribution < -0.4 is 16.0 Å². The van der Waals surface area contributed by atoms with E-state index in [2.05, 4.69) is 16.0 Å². The lowest BCUT2D eigenvalue weighted by Crippen LogP contribution is -2.42. The number of aliphatic hydroxyl groups excluding tert-OH is 1. The normalized spacial score (nSPS) is 16.0. The van der Waals surface area contributed by atoms with Crippen molar-refractivity contribution in [2.75, 3.05) is 18.4 Å². The number of nitrogens with zero attached hydrogens (tertiary/aromatic N) is 1. The van der Waals surface area contributed by atoms with E-state index in [9.17, 15) is 14.7 Å². The van der Waals surface area contributed by atoms with E-state index in [0.717, 1.165) is 24.9 Å². The molecule has 0 aliphatic carbocycles. The number of urea groups is 1. The number of carbonyl (C=O) groups is 2. The fraction of sp³-hybridized carbons (Fsp3) is 0.417. The van der Waals surface area contributed by atoms with Gasteiger partial charge >= 0.3 is 6.03 Å². The lowest BCUT2D eigenvalue weighted by molar-refractivity contribution is -0.122. The van der Waals surface area contributed by atoms with Gasteiger partial charge in [0.25, 0.3) is 0 Å². The minimum Gasteiger partial charge on any atom is -0.387 e. The Labute approximate surface area is 216 Å². The molecule has 3 amide bonds. The number of nitrogens with one attached hydrogen (secondary N) is 3. The molecule has 0 spiro atoms. The first-order chi connectivity index (χ1) is 15.7. The molecule has 0 saturated carbocycles. The van der Waals surface area contributed by atoms with Crippen LogP contribution in [0.2, 0.25) is 10.0 Å². The fourth-order valence-electron chi connectivity index (χ4n) is 3.66. The molecule has 10 heteroatoms. The molecule has 3 rings (SSSR count). The van der Waals surface area contributed by atoms with Crippen molar-refractivity contribution >= 4 is 53.2 Å². The molecule has 2 aromatic carbocycles. The first-order valence-electron chi connectivity index (χ1n) is 11.0. The largest absolute Gasteiger partial charge is 0.387 e. The third-order valence-corrected chi connectivity index (χ3v) is 6.37. The number of rotatable bonds is 8. The molecule has 2 atom stereocenters. The number of anilines is 1. The first-order valence-corrected chi connectivity index (χ1v) is 11.8. The second kappa shape index (κ2) is 13.2. The second-order valence-electron chi connectivity index (χ2n) is 8.43. The minimum atomic E-state index is -0.909. The average Bonchev–Trinajstić information content (AvgIpc) is 3.33. The van der Waals surface area contributed by atoms with Crippen molar-refractivity contribution < 1.29 is 14.7 Å². The Morgan fingerprint density at radius 1 is 1.15 bits per heavy atom. The van der Waals surface area contributed by atoms with E-state index in [1.807, 2.05) is 26.0 Å². The van der Waals surface area contributed by atoms with Gasteiger partial charge in [0.1, 0.15) is 0 Å². The highest BCUT2D eigenvalue weighted by atomic mass is 35.5. The molecule has 34 heavy (non-hydrogen) atoms. The number of carbonyl (C=O) groups excluding carboxylic acids is 2. The summed E-state index contributed by atoms with van der Waals surface area (Å²) in [5, 5.41) is 20.4. The third-order valence-electron chi connectivity index (χ3n) is 5.63. The van der Waals surface area contributed by atoms with E-state index >= 15 is 0 Å². The lowest BCUT2D eigenvalue weighted by Gasteiger charge is -2.29. The summed E-state index contributed by atoms with van der Waals surface area (Å²) >= 11 is 12.0. The summed E-state index contributed by atoms with van der Waals surface area (Å²) in [5.41, 5.74) is 2.15. The van der Waals surface area contributed by atoms with Gasteiger partial charge in [-0.3, -0.25) is 4.79 Å². The van der Waals surface area contributed by atoms with Crippen molar-refractivity contribution in [2.45, 2.75) is 51.4 Å². The molecule has 0 bridgehead atoms. The third kappa shape index (κ3) is 7.75. The van der Waals surface area contributed by atoms with Gasteiger partial charge in [-0.15, -0.1) is 12.4 Å². The standard InChI is InChI=1S/C24H30Cl2N4O3.ClH/c1-15(2)30(14-22(31)17-7-10-19(25)20(26)12-17)24(33)29-18-8-5-16(6-9-18)13-28-23(32)21-4-3-11-27-21;/h5-10,12,15,21-22,27,31H,3-4,11,13-14H2,1-2H3,(H,28,32)(H,29,33);1H/t21?,22-;/m1./s1. The van der Waals surface area contributed by atoms with Gasteiger partial charge in [-0.25, -0.2) is 4.79 Å². The molecule has 1 saturated heterocycles. The number of halogens is 3. The quantitative estimate of drug-likeness (QED) is 0.397. The van der Waals surface area contributed by atoms with Crippen molar-refractivity contribution in [1.29, 1.82) is 0 Å². The summed E-state index contributed by atoms with van der Waals surface area (Å²) in [7, 11) is 0. The van der Waals surface area contributed by atoms with Gasteiger partial charge in [0.2, 0.25) is 5.91 Å². The molecule has 7 nitrogen and oxygen atoms in total. The Morgan fingerprint density at radius 2 is 1.85 bits per heavy atom. The second-order valence-corrected chi connectivity index (χ2v) is 9.24. The number of hydrogen-bond acceptors (Lipinski definition) is 4. The van der Waals surface area contributed by atoms with E-state index < -0.39 is 6.10 Å². The number of benzene rings is 2. The molecule has 1 aliphatic heterocycles. The molecule has 186 valence electrons. The Kier molecular flexibility index (Phi) is 10.9. The molecule has 1 aliphatic rings. The first kappa shape index (κ1) is 28.2. The van der Waals surface area contributed by atoms with Crippen LogP contribution in [0.25, 0.3) is 0 Å². The van der Waals surface area contributed by atoms with Gasteiger partial charge in [-0.2, -0.15) is 0 Å². The van der Waals surface area contributed by atoms with Crippen molar-refractivity contribution in [2.24, 2.45) is 0 Å². The Balaban J connectivity index is 0.00000408. The molecule has 0 radical (unpaired) electrons. The van der Waals surface area contributed by atoms with Gasteiger partial charge in [-0.1, -0.05) is 41.4 Å². The van der Waals surface area contributed by atoms with Crippen LogP contribution in [0.1, 0.15) is 43.9 Å². The molecule has 0 aromatic heterocycles. The Bertz CT molecular complexity index is 966. The highest BCUT2D eigenvalue weighted by molar-refractivity contribution is 6.42. The van der Waals surface area contributed by atoms with E-state index in [4.69, 9.17) is 23.2 Å². The van der Waals surface area contributed by atoms with Crippen LogP contribution in [0.3, 0.4) is 0 Å². The van der Waals surface area contributed by atoms with Crippen LogP contribution in [-0.4, -0.2) is 47.1 Å². The fourth-order valence-corrected chi connectivity index (χ4v) is 3.97. The molecule has 4 N–H and O–H groups in total. The zero-order valence-corrected chi connectivity index (χ0v) is 21.5. The van der Waals surface area contributed by atoms with Gasteiger partial charge in [-0.05, 0) is 68.6 Å². The summed E-state index contributed by atoms with van der Waals surface area (Å²) in [6, 6.07) is 11.7. The zero-order valence-electron chi connectivity index (χ0n) is 19.2. The zero-order chi connectivity index (χ0) is 24.0. The van der Waals surface area contributed by atoms with Crippen LogP contribution in [-0.2, 0) is 11.3 Å². The molecule has 1 heterocycles. The molecule has 1 unspecified atom stereocenters. The van der Waals surface area contributed by atoms with Gasteiger partial charge in [0.05, 0.1) is 28.7 Å². The topological polar surface area (TPSA) is 93.7 Å². The molecular formula is C24H31Cl3N4O3. The smallest absolute Gasteiger partial charge is 0.322 e. The number of hydrogen-bond donors (Lipinski definition) is 4. The SMILES string of the molecule is CC(C)N(C[C@@H](O)c1ccc(Cl)c(Cl)c1)C(=O)Nc1ccc(CNC(=O)C2CCCN2)cc1.Cl. The maximum Gasteiger partial charge on any atom is 0.322 e. The van der Waals surface area contributed by atoms with Crippen LogP contribution in [0.4, 0.5) is 10.5 Å². The monoisotopic (exact) mass is 528 g/mol. The minimum absolute atomic E-state index is 0. The average molecular weight is 530 g/mol.